The predicted molar refractivity (Wildman–Crippen MR) is 208 cm³/mol. The fourth-order valence-corrected chi connectivity index (χ4v) is 8.90. The summed E-state index contributed by atoms with van der Waals surface area (Å²) in [6, 6.07) is 14.9. The molecule has 300 valence electrons. The van der Waals surface area contributed by atoms with Gasteiger partial charge in [-0.25, -0.2) is 18.2 Å². The summed E-state index contributed by atoms with van der Waals surface area (Å²) in [5.74, 6) is -1.35. The van der Waals surface area contributed by atoms with Crippen LogP contribution in [0.1, 0.15) is 73.6 Å². The van der Waals surface area contributed by atoms with E-state index < -0.39 is 73.6 Å². The molecular formula is C41H51N5O9S. The number of nitrogens with zero attached hydrogens (tertiary/aromatic N) is 2. The van der Waals surface area contributed by atoms with Gasteiger partial charge in [0.05, 0.1) is 23.9 Å². The van der Waals surface area contributed by atoms with Crippen molar-refractivity contribution in [3.8, 4) is 22.8 Å². The lowest BCUT2D eigenvalue weighted by atomic mass is 9.85. The Kier molecular flexibility index (Phi) is 10.2. The number of rotatable bonds is 6. The van der Waals surface area contributed by atoms with Gasteiger partial charge in [0.1, 0.15) is 36.1 Å². The second-order valence-electron chi connectivity index (χ2n) is 17.5. The Labute approximate surface area is 327 Å². The number of ether oxygens (including phenoxy) is 3. The van der Waals surface area contributed by atoms with Gasteiger partial charge in [-0.15, -0.1) is 0 Å². The van der Waals surface area contributed by atoms with Crippen molar-refractivity contribution in [2.24, 2.45) is 16.7 Å². The van der Waals surface area contributed by atoms with Crippen LogP contribution < -0.4 is 24.8 Å². The van der Waals surface area contributed by atoms with E-state index in [9.17, 15) is 27.6 Å². The maximum Gasteiger partial charge on any atom is 0.407 e. The number of para-hydroxylation sites is 1. The van der Waals surface area contributed by atoms with Gasteiger partial charge in [0.15, 0.2) is 0 Å². The van der Waals surface area contributed by atoms with Crippen LogP contribution in [0.3, 0.4) is 0 Å². The van der Waals surface area contributed by atoms with Gasteiger partial charge in [-0.3, -0.25) is 19.1 Å². The number of sulfonamides is 1. The molecule has 3 heterocycles. The van der Waals surface area contributed by atoms with E-state index in [1.54, 1.807) is 20.8 Å². The number of amides is 4. The van der Waals surface area contributed by atoms with E-state index in [2.05, 4.69) is 15.4 Å². The van der Waals surface area contributed by atoms with Crippen molar-refractivity contribution in [3.05, 3.63) is 54.6 Å². The second-order valence-corrected chi connectivity index (χ2v) is 19.4. The standard InChI is InChI=1S/C41H51N5O9S/c1-7-26-20-41(26,37(49)45-56(51,52)29-15-16-29)44-34(47)32-19-28-21-46(32)36(48)33(39(2,3)4)43-38(50)54-23-40(5,6)22-53-27-13-10-12-24(17-27)30-18-25-11-8-9-14-31(25)42-35(30)55-28/h8-14,17-18,26,28-29,32-33H,7,15-16,19-23H2,1-6H3,(H,43,50)(H,44,47)(H,45,49)/t26-,28-,32+,33-,41-/m1/s1. The Hall–Kier alpha value is -4.92. The van der Waals surface area contributed by atoms with Crippen molar-refractivity contribution in [2.45, 2.75) is 103 Å². The Bertz CT molecular complexity index is 2170. The number of cyclic esters (lactones) is 1. The lowest BCUT2D eigenvalue weighted by Gasteiger charge is -2.35. The van der Waals surface area contributed by atoms with Crippen molar-refractivity contribution in [3.63, 3.8) is 0 Å². The number of aromatic nitrogens is 1. The van der Waals surface area contributed by atoms with Crippen molar-refractivity contribution in [1.82, 2.24) is 25.2 Å². The minimum absolute atomic E-state index is 0.00775. The largest absolute Gasteiger partial charge is 0.493 e. The first-order chi connectivity index (χ1) is 26.4. The van der Waals surface area contributed by atoms with Gasteiger partial charge in [0.2, 0.25) is 27.7 Å². The number of nitrogens with one attached hydrogen (secondary N) is 3. The number of hydrogen-bond acceptors (Lipinski definition) is 10. The maximum absolute atomic E-state index is 14.7. The second kappa shape index (κ2) is 14.5. The average molecular weight is 790 g/mol. The smallest absolute Gasteiger partial charge is 0.407 e. The summed E-state index contributed by atoms with van der Waals surface area (Å²) in [4.78, 5) is 62.4. The molecule has 2 aromatic carbocycles. The summed E-state index contributed by atoms with van der Waals surface area (Å²) in [5.41, 5.74) is -0.749. The molecule has 0 unspecified atom stereocenters. The van der Waals surface area contributed by atoms with E-state index in [-0.39, 0.29) is 38.5 Å². The lowest BCUT2D eigenvalue weighted by Crippen LogP contribution is -2.60. The molecule has 2 aliphatic carbocycles. The summed E-state index contributed by atoms with van der Waals surface area (Å²) in [6.45, 7) is 11.2. The number of fused-ring (bicyclic) bond motifs is 7. The van der Waals surface area contributed by atoms with Crippen LogP contribution in [-0.2, 0) is 29.1 Å². The van der Waals surface area contributed by atoms with Gasteiger partial charge in [-0.2, -0.15) is 0 Å². The first-order valence-corrected chi connectivity index (χ1v) is 20.9. The normalized spacial score (nSPS) is 26.6. The van der Waals surface area contributed by atoms with E-state index in [1.807, 2.05) is 75.4 Å². The third-order valence-electron chi connectivity index (χ3n) is 11.1. The van der Waals surface area contributed by atoms with Crippen molar-refractivity contribution in [2.75, 3.05) is 19.8 Å². The minimum Gasteiger partial charge on any atom is -0.493 e. The molecule has 2 saturated carbocycles. The molecule has 15 heteroatoms. The Balaban J connectivity index is 1.27. The minimum atomic E-state index is -3.88. The highest BCUT2D eigenvalue weighted by Crippen LogP contribution is 2.47. The fraction of sp³-hybridized carbons (Fsp3) is 0.537. The van der Waals surface area contributed by atoms with Gasteiger partial charge >= 0.3 is 6.09 Å². The molecule has 0 radical (unpaired) electrons. The summed E-state index contributed by atoms with van der Waals surface area (Å²) in [7, 11) is -3.88. The molecule has 5 atom stereocenters. The summed E-state index contributed by atoms with van der Waals surface area (Å²) < 4.78 is 46.3. The Morgan fingerprint density at radius 1 is 1.02 bits per heavy atom. The molecule has 3 aromatic rings. The van der Waals surface area contributed by atoms with E-state index in [0.717, 1.165) is 10.9 Å². The molecule has 56 heavy (non-hydrogen) atoms. The van der Waals surface area contributed by atoms with Gasteiger partial charge < -0.3 is 29.7 Å². The van der Waals surface area contributed by atoms with Crippen LogP contribution in [0.4, 0.5) is 4.79 Å². The highest BCUT2D eigenvalue weighted by atomic mass is 32.2. The number of hydrogen-bond donors (Lipinski definition) is 3. The number of carbonyl (C=O) groups excluding carboxylic acids is 4. The molecule has 14 nitrogen and oxygen atoms in total. The first-order valence-electron chi connectivity index (χ1n) is 19.3. The fourth-order valence-electron chi connectivity index (χ4n) is 7.53. The van der Waals surface area contributed by atoms with Crippen LogP contribution >= 0.6 is 0 Å². The van der Waals surface area contributed by atoms with E-state index in [1.165, 1.54) is 4.90 Å². The lowest BCUT2D eigenvalue weighted by molar-refractivity contribution is -0.143. The molecule has 4 amide bonds. The van der Waals surface area contributed by atoms with Gasteiger partial charge in [-0.1, -0.05) is 78.3 Å². The van der Waals surface area contributed by atoms with Gasteiger partial charge in [-0.05, 0) is 60.4 Å². The molecule has 3 fully saturated rings. The molecule has 4 bridgehead atoms. The average Bonchev–Trinajstić information content (AvgIpc) is 4.08. The molecule has 1 saturated heterocycles. The topological polar surface area (TPSA) is 182 Å². The molecule has 1 aromatic heterocycles. The van der Waals surface area contributed by atoms with Crippen LogP contribution in [0.25, 0.3) is 22.0 Å². The third-order valence-corrected chi connectivity index (χ3v) is 12.9. The number of benzene rings is 2. The summed E-state index contributed by atoms with van der Waals surface area (Å²) >= 11 is 0. The third kappa shape index (κ3) is 8.14. The Morgan fingerprint density at radius 2 is 1.75 bits per heavy atom. The number of pyridine rings is 1. The molecule has 7 rings (SSSR count). The van der Waals surface area contributed by atoms with E-state index in [4.69, 9.17) is 19.2 Å². The zero-order valence-electron chi connectivity index (χ0n) is 32.7. The molecule has 3 N–H and O–H groups in total. The van der Waals surface area contributed by atoms with Crippen molar-refractivity contribution < 1.29 is 41.8 Å². The molecule has 0 spiro atoms. The van der Waals surface area contributed by atoms with Crippen LogP contribution in [0.2, 0.25) is 0 Å². The zero-order valence-corrected chi connectivity index (χ0v) is 33.5. The van der Waals surface area contributed by atoms with Gasteiger partial charge in [0, 0.05) is 22.8 Å². The summed E-state index contributed by atoms with van der Waals surface area (Å²) in [6.07, 6.45) is 0.205. The number of alkyl carbamates (subject to hydrolysis) is 1. The van der Waals surface area contributed by atoms with Crippen molar-refractivity contribution >= 4 is 44.7 Å². The van der Waals surface area contributed by atoms with Crippen LogP contribution in [-0.4, -0.2) is 90.9 Å². The predicted octanol–water partition coefficient (Wildman–Crippen LogP) is 4.70. The van der Waals surface area contributed by atoms with E-state index >= 15 is 0 Å². The van der Waals surface area contributed by atoms with Crippen LogP contribution in [0, 0.1) is 16.7 Å². The number of carbonyl (C=O) groups is 4. The quantitative estimate of drug-likeness (QED) is 0.317. The first kappa shape index (κ1) is 39.3. The van der Waals surface area contributed by atoms with Crippen LogP contribution in [0.5, 0.6) is 11.6 Å². The SMILES string of the molecule is CC[C@@H]1C[C@]1(NC(=O)[C@@H]1C[C@@H]2CN1C(=O)[C@H](C(C)(C)C)NC(=O)OCC(C)(C)COc1cccc(c1)-c1cc3ccccc3nc1O2)C(=O)NS(=O)(=O)C1CC1. The summed E-state index contributed by atoms with van der Waals surface area (Å²) in [5, 5.41) is 5.90. The highest BCUT2D eigenvalue weighted by Gasteiger charge is 2.62. The monoisotopic (exact) mass is 789 g/mol. The maximum atomic E-state index is 14.7. The highest BCUT2D eigenvalue weighted by molar-refractivity contribution is 7.91. The molecule has 2 aliphatic heterocycles. The molecule has 4 aliphatic rings. The Morgan fingerprint density at radius 3 is 2.45 bits per heavy atom. The van der Waals surface area contributed by atoms with Gasteiger partial charge in [0.25, 0.3) is 5.91 Å². The zero-order chi connectivity index (χ0) is 40.2. The van der Waals surface area contributed by atoms with E-state index in [0.29, 0.717) is 42.0 Å². The van der Waals surface area contributed by atoms with Crippen molar-refractivity contribution in [1.29, 1.82) is 0 Å². The molecular weight excluding hydrogens is 739 g/mol. The van der Waals surface area contributed by atoms with Crippen LogP contribution in [0.15, 0.2) is 54.6 Å².